The van der Waals surface area contributed by atoms with E-state index in [1.165, 1.54) is 57.8 Å². The zero-order valence-corrected chi connectivity index (χ0v) is 13.2. The molecule has 0 aliphatic heterocycles. The van der Waals surface area contributed by atoms with Crippen molar-refractivity contribution >= 4 is 28.8 Å². The second kappa shape index (κ2) is 14.2. The quantitative estimate of drug-likeness (QED) is 0.238. The van der Waals surface area contributed by atoms with Gasteiger partial charge in [-0.15, -0.1) is 0 Å². The lowest BCUT2D eigenvalue weighted by atomic mass is 10.1. The molecule has 102 valence electrons. The average Bonchev–Trinajstić information content (AvgIpc) is 2.32. The van der Waals surface area contributed by atoms with Crippen LogP contribution in [0.2, 0.25) is 0 Å². The van der Waals surface area contributed by atoms with Gasteiger partial charge in [0.25, 0.3) is 0 Å². The number of unbranched alkanes of at least 4 members (excludes halogenated alkanes) is 9. The molecule has 0 aliphatic carbocycles. The van der Waals surface area contributed by atoms with Gasteiger partial charge in [-0.2, -0.15) is 3.64 Å². The van der Waals surface area contributed by atoms with E-state index in [0.29, 0.717) is 6.42 Å². The average molecular weight is 354 g/mol. The van der Waals surface area contributed by atoms with E-state index >= 15 is 0 Å². The molecule has 0 saturated carbocycles. The lowest BCUT2D eigenvalue weighted by Crippen LogP contribution is -2.29. The topological polar surface area (TPSA) is 41.1 Å². The van der Waals surface area contributed by atoms with Gasteiger partial charge in [0.1, 0.15) is 0 Å². The molecule has 0 fully saturated rings. The molecule has 0 radical (unpaired) electrons. The van der Waals surface area contributed by atoms with Crippen LogP contribution in [0.3, 0.4) is 0 Å². The highest BCUT2D eigenvalue weighted by molar-refractivity contribution is 14.1. The molecule has 0 atom stereocenters. The fourth-order valence-electron chi connectivity index (χ4n) is 1.89. The molecule has 0 aromatic heterocycles. The first-order valence-electron chi connectivity index (χ1n) is 6.95. The monoisotopic (exact) mass is 354 g/mol. The Morgan fingerprint density at radius 1 is 0.882 bits per heavy atom. The molecule has 0 unspecified atom stereocenters. The lowest BCUT2D eigenvalue weighted by Gasteiger charge is -2.03. The summed E-state index contributed by atoms with van der Waals surface area (Å²) in [7, 11) is 0. The van der Waals surface area contributed by atoms with E-state index in [4.69, 9.17) is 0 Å². The third kappa shape index (κ3) is 14.1. The molecule has 17 heavy (non-hydrogen) atoms. The third-order valence-electron chi connectivity index (χ3n) is 2.94. The minimum absolute atomic E-state index is 0.0963. The predicted molar refractivity (Wildman–Crippen MR) is 81.8 cm³/mol. The van der Waals surface area contributed by atoms with Crippen molar-refractivity contribution in [1.82, 2.24) is 9.06 Å². The van der Waals surface area contributed by atoms with E-state index in [-0.39, 0.29) is 5.91 Å². The summed E-state index contributed by atoms with van der Waals surface area (Å²) in [6, 6.07) is 0. The van der Waals surface area contributed by atoms with Gasteiger partial charge in [0.15, 0.2) is 0 Å². The first-order chi connectivity index (χ1) is 8.31. The Kier molecular flexibility index (Phi) is 14.4. The van der Waals surface area contributed by atoms with Crippen molar-refractivity contribution in [2.45, 2.75) is 77.6 Å². The van der Waals surface area contributed by atoms with Crippen LogP contribution in [0, 0.1) is 0 Å². The first-order valence-corrected chi connectivity index (χ1v) is 8.03. The van der Waals surface area contributed by atoms with E-state index < -0.39 is 0 Å². The molecule has 0 aromatic rings. The first kappa shape index (κ1) is 17.2. The maximum atomic E-state index is 11.1. The number of nitrogens with one attached hydrogen (secondary N) is 2. The van der Waals surface area contributed by atoms with Crippen molar-refractivity contribution in [3.8, 4) is 0 Å². The number of rotatable bonds is 12. The van der Waals surface area contributed by atoms with E-state index in [1.54, 1.807) is 0 Å². The molecule has 2 N–H and O–H groups in total. The number of hydrazine groups is 1. The summed E-state index contributed by atoms with van der Waals surface area (Å²) in [5.74, 6) is 0.0963. The van der Waals surface area contributed by atoms with Gasteiger partial charge in [-0.05, 0) is 6.42 Å². The van der Waals surface area contributed by atoms with Crippen LogP contribution in [0.5, 0.6) is 0 Å². The van der Waals surface area contributed by atoms with Crippen LogP contribution >= 0.6 is 22.9 Å². The highest BCUT2D eigenvalue weighted by Crippen LogP contribution is 2.11. The summed E-state index contributed by atoms with van der Waals surface area (Å²) < 4.78 is 2.62. The third-order valence-corrected chi connectivity index (χ3v) is 3.21. The normalized spacial score (nSPS) is 10.5. The fourth-order valence-corrected chi connectivity index (χ4v) is 2.19. The van der Waals surface area contributed by atoms with Gasteiger partial charge in [0.2, 0.25) is 5.91 Å². The molecule has 3 nitrogen and oxygen atoms in total. The summed E-state index contributed by atoms with van der Waals surface area (Å²) in [5.41, 5.74) is 2.57. The van der Waals surface area contributed by atoms with Gasteiger partial charge in [0.05, 0.1) is 0 Å². The Morgan fingerprint density at radius 2 is 1.35 bits per heavy atom. The summed E-state index contributed by atoms with van der Waals surface area (Å²) in [6.45, 7) is 2.25. The Morgan fingerprint density at radius 3 is 1.82 bits per heavy atom. The number of carbonyl (C=O) groups is 1. The van der Waals surface area contributed by atoms with Crippen LogP contribution in [-0.4, -0.2) is 5.91 Å². The summed E-state index contributed by atoms with van der Waals surface area (Å²) in [5, 5.41) is 0. The van der Waals surface area contributed by atoms with Gasteiger partial charge < -0.3 is 0 Å². The standard InChI is InChI=1S/C13H27IN2O/c1-2-3-4-5-6-7-8-9-10-11-12-13(17)15-16-14/h16H,2-12H2,1H3,(H,15,17). The predicted octanol–water partition coefficient (Wildman–Crippen LogP) is 4.27. The van der Waals surface area contributed by atoms with Crippen molar-refractivity contribution in [3.63, 3.8) is 0 Å². The summed E-state index contributed by atoms with van der Waals surface area (Å²) >= 11 is 1.91. The van der Waals surface area contributed by atoms with Gasteiger partial charge in [-0.1, -0.05) is 64.7 Å². The fraction of sp³-hybridized carbons (Fsp3) is 0.923. The molecule has 0 bridgehead atoms. The Bertz CT molecular complexity index is 177. The number of hydrogen-bond donors (Lipinski definition) is 2. The minimum atomic E-state index is 0.0963. The Balaban J connectivity index is 3.01. The van der Waals surface area contributed by atoms with E-state index in [1.807, 2.05) is 22.9 Å². The van der Waals surface area contributed by atoms with Crippen LogP contribution in [0.4, 0.5) is 0 Å². The maximum Gasteiger partial charge on any atom is 0.234 e. The highest BCUT2D eigenvalue weighted by Gasteiger charge is 1.98. The molecule has 4 heteroatoms. The molecular weight excluding hydrogens is 327 g/mol. The van der Waals surface area contributed by atoms with Crippen molar-refractivity contribution in [3.05, 3.63) is 0 Å². The molecule has 0 saturated heterocycles. The van der Waals surface area contributed by atoms with Crippen molar-refractivity contribution in [2.75, 3.05) is 0 Å². The molecule has 0 heterocycles. The van der Waals surface area contributed by atoms with Crippen molar-refractivity contribution < 1.29 is 4.79 Å². The summed E-state index contributed by atoms with van der Waals surface area (Å²) in [4.78, 5) is 11.1. The largest absolute Gasteiger partial charge is 0.282 e. The van der Waals surface area contributed by atoms with E-state index in [9.17, 15) is 4.79 Å². The molecule has 0 aromatic carbocycles. The van der Waals surface area contributed by atoms with Crippen LogP contribution in [0.1, 0.15) is 77.6 Å². The number of hydrogen-bond acceptors (Lipinski definition) is 2. The number of carbonyl (C=O) groups excluding carboxylic acids is 1. The van der Waals surface area contributed by atoms with Crippen molar-refractivity contribution in [2.24, 2.45) is 0 Å². The zero-order chi connectivity index (χ0) is 12.8. The second-order valence-electron chi connectivity index (χ2n) is 4.57. The van der Waals surface area contributed by atoms with Gasteiger partial charge in [-0.25, -0.2) is 0 Å². The molecule has 0 rings (SSSR count). The van der Waals surface area contributed by atoms with Gasteiger partial charge >= 0.3 is 0 Å². The zero-order valence-electron chi connectivity index (χ0n) is 11.1. The molecule has 0 spiro atoms. The summed E-state index contributed by atoms with van der Waals surface area (Å²) in [6.07, 6.45) is 13.7. The SMILES string of the molecule is CCCCCCCCCCCCC(=O)NNI. The Hall–Kier alpha value is 0.160. The minimum Gasteiger partial charge on any atom is -0.282 e. The van der Waals surface area contributed by atoms with Crippen LogP contribution in [0.15, 0.2) is 0 Å². The van der Waals surface area contributed by atoms with E-state index in [0.717, 1.165) is 6.42 Å². The molecular formula is C13H27IN2O. The Labute approximate surface area is 120 Å². The van der Waals surface area contributed by atoms with E-state index in [2.05, 4.69) is 16.0 Å². The highest BCUT2D eigenvalue weighted by atomic mass is 127. The van der Waals surface area contributed by atoms with Crippen LogP contribution in [0.25, 0.3) is 0 Å². The number of amides is 1. The van der Waals surface area contributed by atoms with Crippen LogP contribution < -0.4 is 9.06 Å². The molecule has 0 aliphatic rings. The maximum absolute atomic E-state index is 11.1. The van der Waals surface area contributed by atoms with Gasteiger partial charge in [0, 0.05) is 29.3 Å². The van der Waals surface area contributed by atoms with Crippen molar-refractivity contribution in [1.29, 1.82) is 0 Å². The van der Waals surface area contributed by atoms with Crippen LogP contribution in [-0.2, 0) is 4.79 Å². The van der Waals surface area contributed by atoms with Gasteiger partial charge in [-0.3, -0.25) is 10.2 Å². The smallest absolute Gasteiger partial charge is 0.234 e. The molecule has 1 amide bonds. The lowest BCUT2D eigenvalue weighted by molar-refractivity contribution is -0.121. The second-order valence-corrected chi connectivity index (χ2v) is 5.11. The number of halogens is 1.